The minimum absolute atomic E-state index is 0.0862. The number of amides is 1. The van der Waals surface area contributed by atoms with Gasteiger partial charge >= 0.3 is 0 Å². The Morgan fingerprint density at radius 2 is 1.74 bits per heavy atom. The van der Waals surface area contributed by atoms with Gasteiger partial charge in [-0.15, -0.1) is 11.3 Å². The van der Waals surface area contributed by atoms with Gasteiger partial charge in [0.25, 0.3) is 0 Å². The number of fused-ring (bicyclic) bond motifs is 1. The van der Waals surface area contributed by atoms with Gasteiger partial charge in [-0.1, -0.05) is 24.3 Å². The summed E-state index contributed by atoms with van der Waals surface area (Å²) < 4.78 is 29.4. The second-order valence-corrected chi connectivity index (χ2v) is 10.8. The SMILES string of the molecule is O=C1CCCN1c1ccc(S(=O)(=O)N[C@@H](c2ccc3c(c2)CCC3)c2cccs2)cc1. The van der Waals surface area contributed by atoms with Crippen LogP contribution in [0.3, 0.4) is 0 Å². The first kappa shape index (κ1) is 20.4. The van der Waals surface area contributed by atoms with Gasteiger partial charge in [-0.3, -0.25) is 4.79 Å². The van der Waals surface area contributed by atoms with Crippen LogP contribution < -0.4 is 9.62 Å². The molecule has 3 aromatic rings. The van der Waals surface area contributed by atoms with Gasteiger partial charge in [-0.05, 0) is 78.1 Å². The Morgan fingerprint density at radius 1 is 0.935 bits per heavy atom. The summed E-state index contributed by atoms with van der Waals surface area (Å²) >= 11 is 1.54. The topological polar surface area (TPSA) is 66.5 Å². The first-order chi connectivity index (χ1) is 15.0. The molecule has 0 bridgehead atoms. The van der Waals surface area contributed by atoms with Gasteiger partial charge in [0.05, 0.1) is 10.9 Å². The second-order valence-electron chi connectivity index (χ2n) is 8.09. The van der Waals surface area contributed by atoms with Crippen LogP contribution >= 0.6 is 11.3 Å². The van der Waals surface area contributed by atoms with Crippen LogP contribution in [0.5, 0.6) is 0 Å². The van der Waals surface area contributed by atoms with Crippen molar-refractivity contribution >= 4 is 33.0 Å². The molecule has 160 valence electrons. The van der Waals surface area contributed by atoms with E-state index in [9.17, 15) is 13.2 Å². The van der Waals surface area contributed by atoms with E-state index < -0.39 is 16.1 Å². The van der Waals surface area contributed by atoms with E-state index in [2.05, 4.69) is 16.9 Å². The average molecular weight is 453 g/mol. The van der Waals surface area contributed by atoms with E-state index >= 15 is 0 Å². The number of aryl methyl sites for hydroxylation is 2. The largest absolute Gasteiger partial charge is 0.312 e. The molecular formula is C24H24N2O3S2. The first-order valence-corrected chi connectivity index (χ1v) is 13.0. The van der Waals surface area contributed by atoms with Gasteiger partial charge in [0, 0.05) is 23.5 Å². The minimum atomic E-state index is -3.75. The third kappa shape index (κ3) is 4.05. The molecule has 1 aliphatic heterocycles. The molecule has 0 radical (unpaired) electrons. The van der Waals surface area contributed by atoms with E-state index in [1.165, 1.54) is 11.1 Å². The minimum Gasteiger partial charge on any atom is -0.312 e. The summed E-state index contributed by atoms with van der Waals surface area (Å²) in [4.78, 5) is 14.8. The van der Waals surface area contributed by atoms with Crippen LogP contribution in [0.2, 0.25) is 0 Å². The van der Waals surface area contributed by atoms with Crippen molar-refractivity contribution in [1.29, 1.82) is 0 Å². The van der Waals surface area contributed by atoms with E-state index in [0.29, 0.717) is 13.0 Å². The maximum atomic E-state index is 13.3. The predicted molar refractivity (Wildman–Crippen MR) is 123 cm³/mol. The van der Waals surface area contributed by atoms with Gasteiger partial charge < -0.3 is 4.90 Å². The molecule has 2 aliphatic rings. The number of rotatable bonds is 6. The Balaban J connectivity index is 1.44. The van der Waals surface area contributed by atoms with Gasteiger partial charge in [0.2, 0.25) is 15.9 Å². The lowest BCUT2D eigenvalue weighted by Crippen LogP contribution is -2.29. The Kier molecular flexibility index (Phi) is 5.42. The number of carbonyl (C=O) groups is 1. The number of benzene rings is 2. The summed E-state index contributed by atoms with van der Waals surface area (Å²) in [5, 5.41) is 1.96. The number of nitrogens with one attached hydrogen (secondary N) is 1. The number of hydrogen-bond acceptors (Lipinski definition) is 4. The maximum Gasteiger partial charge on any atom is 0.241 e. The van der Waals surface area contributed by atoms with Crippen molar-refractivity contribution in [2.75, 3.05) is 11.4 Å². The standard InChI is InChI=1S/C24H24N2O3S2/c27-23-7-2-14-26(23)20-10-12-21(13-11-20)31(28,29)25-24(22-6-3-15-30-22)19-9-8-17-4-1-5-18(17)16-19/h3,6,8-13,15-16,24-25H,1-2,4-5,7,14H2/t24-/m0/s1. The quantitative estimate of drug-likeness (QED) is 0.602. The molecule has 0 unspecified atom stereocenters. The number of hydrogen-bond donors (Lipinski definition) is 1. The van der Waals surface area contributed by atoms with E-state index in [4.69, 9.17) is 0 Å². The molecule has 1 aliphatic carbocycles. The van der Waals surface area contributed by atoms with Gasteiger partial charge in [0.15, 0.2) is 0 Å². The molecule has 2 aromatic carbocycles. The summed E-state index contributed by atoms with van der Waals surface area (Å²) in [6.07, 6.45) is 4.68. The highest BCUT2D eigenvalue weighted by atomic mass is 32.2. The fourth-order valence-electron chi connectivity index (χ4n) is 4.47. The highest BCUT2D eigenvalue weighted by molar-refractivity contribution is 7.89. The maximum absolute atomic E-state index is 13.3. The van der Waals surface area contributed by atoms with E-state index in [1.807, 2.05) is 23.6 Å². The molecule has 7 heteroatoms. The molecule has 5 nitrogen and oxygen atoms in total. The highest BCUT2D eigenvalue weighted by Crippen LogP contribution is 2.32. The fraction of sp³-hybridized carbons (Fsp3) is 0.292. The highest BCUT2D eigenvalue weighted by Gasteiger charge is 2.26. The Morgan fingerprint density at radius 3 is 2.45 bits per heavy atom. The first-order valence-electron chi connectivity index (χ1n) is 10.6. The lowest BCUT2D eigenvalue weighted by atomic mass is 10.0. The molecule has 2 heterocycles. The van der Waals surface area contributed by atoms with Crippen LogP contribution in [0, 0.1) is 0 Å². The van der Waals surface area contributed by atoms with Crippen LogP contribution in [0.1, 0.15) is 46.9 Å². The monoisotopic (exact) mass is 452 g/mol. The number of sulfonamides is 1. The van der Waals surface area contributed by atoms with Gasteiger partial charge in [-0.2, -0.15) is 4.72 Å². The molecule has 1 saturated heterocycles. The number of carbonyl (C=O) groups excluding carboxylic acids is 1. The third-order valence-electron chi connectivity index (χ3n) is 6.09. The van der Waals surface area contributed by atoms with Gasteiger partial charge in [0.1, 0.15) is 0 Å². The Bertz CT molecular complexity index is 1200. The van der Waals surface area contributed by atoms with Crippen molar-refractivity contribution < 1.29 is 13.2 Å². The van der Waals surface area contributed by atoms with Crippen LogP contribution in [0.15, 0.2) is 64.9 Å². The zero-order valence-corrected chi connectivity index (χ0v) is 18.7. The molecule has 5 rings (SSSR count). The van der Waals surface area contributed by atoms with Crippen LogP contribution in [0.4, 0.5) is 5.69 Å². The summed E-state index contributed by atoms with van der Waals surface area (Å²) in [6.45, 7) is 0.683. The molecular weight excluding hydrogens is 428 g/mol. The van der Waals surface area contributed by atoms with E-state index in [-0.39, 0.29) is 10.8 Å². The van der Waals surface area contributed by atoms with Crippen LogP contribution in [-0.4, -0.2) is 20.9 Å². The molecule has 31 heavy (non-hydrogen) atoms. The van der Waals surface area contributed by atoms with Crippen molar-refractivity contribution in [3.63, 3.8) is 0 Å². The zero-order valence-electron chi connectivity index (χ0n) is 17.1. The lowest BCUT2D eigenvalue weighted by molar-refractivity contribution is -0.117. The Labute approximate surface area is 186 Å². The summed E-state index contributed by atoms with van der Waals surface area (Å²) in [6, 6.07) is 16.4. The number of nitrogens with zero attached hydrogens (tertiary/aromatic N) is 1. The third-order valence-corrected chi connectivity index (χ3v) is 8.46. The zero-order chi connectivity index (χ0) is 21.4. The van der Waals surface area contributed by atoms with Crippen molar-refractivity contribution in [2.24, 2.45) is 0 Å². The molecule has 1 fully saturated rings. The van der Waals surface area contributed by atoms with Crippen molar-refractivity contribution in [1.82, 2.24) is 4.72 Å². The van der Waals surface area contributed by atoms with Gasteiger partial charge in [-0.25, -0.2) is 8.42 Å². The van der Waals surface area contributed by atoms with Crippen molar-refractivity contribution in [3.8, 4) is 0 Å². The molecule has 1 N–H and O–H groups in total. The summed E-state index contributed by atoms with van der Waals surface area (Å²) in [7, 11) is -3.75. The summed E-state index contributed by atoms with van der Waals surface area (Å²) in [5.74, 6) is 0.0862. The molecule has 1 aromatic heterocycles. The van der Waals surface area contributed by atoms with E-state index in [0.717, 1.165) is 41.8 Å². The fourth-order valence-corrected chi connectivity index (χ4v) is 6.55. The predicted octanol–water partition coefficient (Wildman–Crippen LogP) is 4.43. The van der Waals surface area contributed by atoms with E-state index in [1.54, 1.807) is 40.5 Å². The number of thiophene rings is 1. The Hall–Kier alpha value is -2.48. The van der Waals surface area contributed by atoms with Crippen LogP contribution in [0.25, 0.3) is 0 Å². The molecule has 1 atom stereocenters. The van der Waals surface area contributed by atoms with Crippen molar-refractivity contribution in [2.45, 2.75) is 43.0 Å². The normalized spacial score (nSPS) is 17.2. The smallest absolute Gasteiger partial charge is 0.241 e. The average Bonchev–Trinajstić information content (AvgIpc) is 3.53. The summed E-state index contributed by atoms with van der Waals surface area (Å²) in [5.41, 5.74) is 4.39. The van der Waals surface area contributed by atoms with Crippen molar-refractivity contribution in [3.05, 3.63) is 81.5 Å². The lowest BCUT2D eigenvalue weighted by Gasteiger charge is -2.20. The molecule has 0 spiro atoms. The second kappa shape index (κ2) is 8.22. The molecule has 0 saturated carbocycles. The molecule has 1 amide bonds. The van der Waals surface area contributed by atoms with Crippen LogP contribution in [-0.2, 0) is 27.7 Å². The number of anilines is 1.